The highest BCUT2D eigenvalue weighted by Crippen LogP contribution is 2.36. The molecule has 0 spiro atoms. The van der Waals surface area contributed by atoms with Gasteiger partial charge in [-0.15, -0.1) is 5.10 Å². The molecule has 1 fully saturated rings. The fraction of sp³-hybridized carbons (Fsp3) is 0.357. The van der Waals surface area contributed by atoms with Crippen LogP contribution in [0, 0.1) is 0 Å². The van der Waals surface area contributed by atoms with Crippen LogP contribution in [0.4, 0.5) is 5.69 Å². The number of carbonyl (C=O) groups excluding carboxylic acids is 1. The molecule has 1 amide bonds. The van der Waals surface area contributed by atoms with Crippen LogP contribution in [-0.4, -0.2) is 25.9 Å². The Kier molecular flexibility index (Phi) is 4.26. The molecule has 1 aromatic heterocycles. The van der Waals surface area contributed by atoms with E-state index in [1.165, 1.54) is 11.8 Å². The number of carbonyl (C=O) groups is 1. The lowest BCUT2D eigenvalue weighted by molar-refractivity contribution is -0.115. The molecule has 1 aromatic carbocycles. The van der Waals surface area contributed by atoms with Crippen molar-refractivity contribution in [2.45, 2.75) is 36.2 Å². The molecule has 22 heavy (non-hydrogen) atoms. The summed E-state index contributed by atoms with van der Waals surface area (Å²) in [7, 11) is 0. The fourth-order valence-electron chi connectivity index (χ4n) is 2.05. The van der Waals surface area contributed by atoms with Crippen LogP contribution in [0.15, 0.2) is 34.2 Å². The van der Waals surface area contributed by atoms with E-state index in [2.05, 4.69) is 15.5 Å². The monoisotopic (exact) mass is 338 g/mol. The molecule has 1 heterocycles. The number of nitrogens with one attached hydrogen (secondary N) is 2. The molecule has 1 aliphatic carbocycles. The van der Waals surface area contributed by atoms with Gasteiger partial charge >= 0.3 is 5.69 Å². The second-order valence-electron chi connectivity index (χ2n) is 5.17. The fourth-order valence-corrected chi connectivity index (χ4v) is 3.17. The maximum atomic E-state index is 12.2. The number of aromatic nitrogens is 3. The van der Waals surface area contributed by atoms with Crippen LogP contribution >= 0.6 is 23.4 Å². The number of hydrogen-bond donors (Lipinski definition) is 2. The van der Waals surface area contributed by atoms with Crippen LogP contribution in [-0.2, 0) is 4.79 Å². The Bertz CT molecular complexity index is 753. The SMILES string of the molecule is C[C@H](Sc1n[nH]c(=O)n1C1CC1)C(=O)Nc1cccc(Cl)c1. The highest BCUT2D eigenvalue weighted by Gasteiger charge is 2.30. The van der Waals surface area contributed by atoms with E-state index in [4.69, 9.17) is 11.6 Å². The number of hydrogen-bond acceptors (Lipinski definition) is 4. The standard InChI is InChI=1S/C14H15ClN4O2S/c1-8(12(20)16-10-4-2-3-9(15)7-10)22-14-18-17-13(21)19(14)11-5-6-11/h2-4,7-8,11H,5-6H2,1H3,(H,16,20)(H,17,21)/t8-/m0/s1. The molecule has 1 atom stereocenters. The molecule has 2 N–H and O–H groups in total. The predicted octanol–water partition coefficient (Wildman–Crippen LogP) is 2.68. The quantitative estimate of drug-likeness (QED) is 0.821. The van der Waals surface area contributed by atoms with Gasteiger partial charge in [-0.1, -0.05) is 29.4 Å². The number of amides is 1. The second kappa shape index (κ2) is 6.18. The van der Waals surface area contributed by atoms with Gasteiger partial charge in [0.1, 0.15) is 0 Å². The van der Waals surface area contributed by atoms with E-state index in [-0.39, 0.29) is 22.9 Å². The van der Waals surface area contributed by atoms with E-state index < -0.39 is 0 Å². The van der Waals surface area contributed by atoms with Crippen molar-refractivity contribution in [3.05, 3.63) is 39.8 Å². The predicted molar refractivity (Wildman–Crippen MR) is 86.5 cm³/mol. The van der Waals surface area contributed by atoms with Crippen LogP contribution in [0.3, 0.4) is 0 Å². The Morgan fingerprint density at radius 3 is 3.00 bits per heavy atom. The van der Waals surface area contributed by atoms with E-state index in [0.29, 0.717) is 15.9 Å². The smallest absolute Gasteiger partial charge is 0.325 e. The van der Waals surface area contributed by atoms with Gasteiger partial charge in [-0.25, -0.2) is 9.89 Å². The molecule has 6 nitrogen and oxygen atoms in total. The van der Waals surface area contributed by atoms with Crippen molar-refractivity contribution in [3.8, 4) is 0 Å². The number of rotatable bonds is 5. The summed E-state index contributed by atoms with van der Waals surface area (Å²) in [4.78, 5) is 23.9. The van der Waals surface area contributed by atoms with Crippen molar-refractivity contribution in [2.75, 3.05) is 5.32 Å². The van der Waals surface area contributed by atoms with Gasteiger partial charge in [0, 0.05) is 16.8 Å². The first-order valence-electron chi connectivity index (χ1n) is 6.94. The molecule has 1 saturated carbocycles. The number of benzene rings is 1. The van der Waals surface area contributed by atoms with Crippen molar-refractivity contribution < 1.29 is 4.79 Å². The molecule has 3 rings (SSSR count). The van der Waals surface area contributed by atoms with Crippen LogP contribution in [0.5, 0.6) is 0 Å². The first-order valence-corrected chi connectivity index (χ1v) is 8.20. The van der Waals surface area contributed by atoms with Gasteiger partial charge in [0.2, 0.25) is 5.91 Å². The molecule has 2 aromatic rings. The molecule has 0 bridgehead atoms. The van der Waals surface area contributed by atoms with E-state index in [0.717, 1.165) is 12.8 Å². The van der Waals surface area contributed by atoms with Gasteiger partial charge in [0.05, 0.1) is 5.25 Å². The number of H-pyrrole nitrogens is 1. The normalized spacial score (nSPS) is 15.5. The Balaban J connectivity index is 1.68. The summed E-state index contributed by atoms with van der Waals surface area (Å²) in [6.45, 7) is 1.78. The van der Waals surface area contributed by atoms with Crippen LogP contribution in [0.25, 0.3) is 0 Å². The molecular weight excluding hydrogens is 324 g/mol. The Morgan fingerprint density at radius 2 is 2.32 bits per heavy atom. The van der Waals surface area contributed by atoms with Gasteiger partial charge in [0.25, 0.3) is 0 Å². The molecule has 116 valence electrons. The Labute approximate surface area is 136 Å². The zero-order chi connectivity index (χ0) is 15.7. The molecule has 0 saturated heterocycles. The van der Waals surface area contributed by atoms with E-state index >= 15 is 0 Å². The van der Waals surface area contributed by atoms with Crippen molar-refractivity contribution in [1.29, 1.82) is 0 Å². The summed E-state index contributed by atoms with van der Waals surface area (Å²) >= 11 is 7.16. The first kappa shape index (κ1) is 15.2. The summed E-state index contributed by atoms with van der Waals surface area (Å²) in [6.07, 6.45) is 1.96. The van der Waals surface area contributed by atoms with E-state index in [9.17, 15) is 9.59 Å². The lowest BCUT2D eigenvalue weighted by atomic mass is 10.3. The average molecular weight is 339 g/mol. The zero-order valence-corrected chi connectivity index (χ0v) is 13.4. The lowest BCUT2D eigenvalue weighted by Gasteiger charge is -2.12. The highest BCUT2D eigenvalue weighted by atomic mass is 35.5. The van der Waals surface area contributed by atoms with Crippen LogP contribution in [0.2, 0.25) is 5.02 Å². The number of thioether (sulfide) groups is 1. The van der Waals surface area contributed by atoms with Crippen molar-refractivity contribution in [1.82, 2.24) is 14.8 Å². The van der Waals surface area contributed by atoms with Crippen LogP contribution in [0.1, 0.15) is 25.8 Å². The number of aromatic amines is 1. The van der Waals surface area contributed by atoms with Crippen molar-refractivity contribution >= 4 is 35.0 Å². The highest BCUT2D eigenvalue weighted by molar-refractivity contribution is 8.00. The third-order valence-electron chi connectivity index (χ3n) is 3.33. The summed E-state index contributed by atoms with van der Waals surface area (Å²) in [5.41, 5.74) is 0.430. The minimum Gasteiger partial charge on any atom is -0.325 e. The summed E-state index contributed by atoms with van der Waals surface area (Å²) in [5.74, 6) is -0.162. The number of halogens is 1. The largest absolute Gasteiger partial charge is 0.344 e. The lowest BCUT2D eigenvalue weighted by Crippen LogP contribution is -2.23. The summed E-state index contributed by atoms with van der Waals surface area (Å²) in [5, 5.41) is 10.00. The van der Waals surface area contributed by atoms with Gasteiger partial charge in [-0.3, -0.25) is 9.36 Å². The number of anilines is 1. The third-order valence-corrected chi connectivity index (χ3v) is 4.63. The Hall–Kier alpha value is -1.73. The molecule has 0 unspecified atom stereocenters. The molecule has 8 heteroatoms. The second-order valence-corrected chi connectivity index (χ2v) is 6.92. The molecule has 0 radical (unpaired) electrons. The minimum atomic E-state index is -0.383. The summed E-state index contributed by atoms with van der Waals surface area (Å²) in [6, 6.07) is 7.19. The Morgan fingerprint density at radius 1 is 1.55 bits per heavy atom. The maximum absolute atomic E-state index is 12.2. The number of nitrogens with zero attached hydrogens (tertiary/aromatic N) is 2. The van der Waals surface area contributed by atoms with Crippen LogP contribution < -0.4 is 11.0 Å². The van der Waals surface area contributed by atoms with Gasteiger partial charge in [-0.2, -0.15) is 0 Å². The zero-order valence-electron chi connectivity index (χ0n) is 11.9. The maximum Gasteiger partial charge on any atom is 0.344 e. The summed E-state index contributed by atoms with van der Waals surface area (Å²) < 4.78 is 1.63. The van der Waals surface area contributed by atoms with E-state index in [1.54, 1.807) is 35.8 Å². The van der Waals surface area contributed by atoms with Crippen molar-refractivity contribution in [3.63, 3.8) is 0 Å². The van der Waals surface area contributed by atoms with Crippen molar-refractivity contribution in [2.24, 2.45) is 0 Å². The topological polar surface area (TPSA) is 79.8 Å². The van der Waals surface area contributed by atoms with E-state index in [1.807, 2.05) is 0 Å². The molecular formula is C14H15ClN4O2S. The molecule has 1 aliphatic rings. The minimum absolute atomic E-state index is 0.162. The van der Waals surface area contributed by atoms with Gasteiger partial charge in [0.15, 0.2) is 5.16 Å². The van der Waals surface area contributed by atoms with Gasteiger partial charge in [-0.05, 0) is 38.0 Å². The average Bonchev–Trinajstić information content (AvgIpc) is 3.24. The molecule has 0 aliphatic heterocycles. The third kappa shape index (κ3) is 3.36. The van der Waals surface area contributed by atoms with Gasteiger partial charge < -0.3 is 5.32 Å². The first-order chi connectivity index (χ1) is 10.5.